The van der Waals surface area contributed by atoms with Crippen LogP contribution in [0.4, 0.5) is 0 Å². The van der Waals surface area contributed by atoms with Gasteiger partial charge in [-0.1, -0.05) is 31.4 Å². The maximum atomic E-state index is 10.4. The van der Waals surface area contributed by atoms with Crippen LogP contribution >= 0.6 is 0 Å². The van der Waals surface area contributed by atoms with Crippen LogP contribution in [0.1, 0.15) is 50.5 Å². The van der Waals surface area contributed by atoms with E-state index in [1.807, 2.05) is 18.2 Å². The lowest BCUT2D eigenvalue weighted by molar-refractivity contribution is 0.0415. The molecule has 0 aromatic heterocycles. The van der Waals surface area contributed by atoms with Gasteiger partial charge in [0.15, 0.2) is 0 Å². The summed E-state index contributed by atoms with van der Waals surface area (Å²) >= 11 is 0. The number of nitrogens with zero attached hydrogens (tertiary/aromatic N) is 1. The molecule has 0 spiro atoms. The van der Waals surface area contributed by atoms with Crippen molar-refractivity contribution in [2.75, 3.05) is 19.7 Å². The predicted molar refractivity (Wildman–Crippen MR) is 93.9 cm³/mol. The highest BCUT2D eigenvalue weighted by atomic mass is 16.5. The van der Waals surface area contributed by atoms with Gasteiger partial charge in [0.1, 0.15) is 18.5 Å². The number of ether oxygens (including phenoxy) is 1. The lowest BCUT2D eigenvalue weighted by atomic mass is 9.93. The number of aliphatic hydroxyl groups is 1. The average Bonchev–Trinajstić information content (AvgIpc) is 3.37. The number of hydrogen-bond donors (Lipinski definition) is 1. The fourth-order valence-electron chi connectivity index (χ4n) is 3.67. The van der Waals surface area contributed by atoms with Gasteiger partial charge in [0.05, 0.1) is 0 Å². The fourth-order valence-corrected chi connectivity index (χ4v) is 3.67. The van der Waals surface area contributed by atoms with Gasteiger partial charge in [0, 0.05) is 19.1 Å². The molecule has 2 fully saturated rings. The van der Waals surface area contributed by atoms with E-state index in [1.54, 1.807) is 0 Å². The Hall–Kier alpha value is -1.06. The smallest absolute Gasteiger partial charge is 0.119 e. The van der Waals surface area contributed by atoms with Gasteiger partial charge in [0.2, 0.25) is 0 Å². The molecule has 0 heterocycles. The summed E-state index contributed by atoms with van der Waals surface area (Å²) in [4.78, 5) is 2.56. The minimum atomic E-state index is -0.406. The van der Waals surface area contributed by atoms with E-state index >= 15 is 0 Å². The summed E-state index contributed by atoms with van der Waals surface area (Å²) in [7, 11) is 0. The lowest BCUT2D eigenvalue weighted by Gasteiger charge is -2.35. The van der Waals surface area contributed by atoms with E-state index in [9.17, 15) is 5.11 Å². The zero-order valence-corrected chi connectivity index (χ0v) is 14.4. The Bertz CT molecular complexity index is 480. The minimum Gasteiger partial charge on any atom is -0.491 e. The topological polar surface area (TPSA) is 32.7 Å². The van der Waals surface area contributed by atoms with Crippen LogP contribution in [0, 0.1) is 12.8 Å². The molecule has 1 atom stereocenters. The summed E-state index contributed by atoms with van der Waals surface area (Å²) in [5.41, 5.74) is 1.19. The number of aliphatic hydroxyl groups excluding tert-OH is 1. The second-order valence-corrected chi connectivity index (χ2v) is 7.47. The highest BCUT2D eigenvalue weighted by Gasteiger charge is 2.30. The van der Waals surface area contributed by atoms with Gasteiger partial charge in [-0.3, -0.25) is 4.90 Å². The molecule has 1 aromatic rings. The summed E-state index contributed by atoms with van der Waals surface area (Å²) in [5, 5.41) is 10.4. The molecule has 2 aliphatic rings. The van der Waals surface area contributed by atoms with Crippen LogP contribution in [-0.4, -0.2) is 41.8 Å². The molecule has 1 N–H and O–H groups in total. The maximum Gasteiger partial charge on any atom is 0.119 e. The standard InChI is InChI=1S/C20H31NO2/c1-16-6-5-9-20(12-16)23-15-19(22)14-21(13-17-10-11-17)18-7-3-2-4-8-18/h5-6,9,12,17-19,22H,2-4,7-8,10-11,13-15H2,1H3. The molecule has 0 amide bonds. The van der Waals surface area contributed by atoms with E-state index in [-0.39, 0.29) is 0 Å². The summed E-state index contributed by atoms with van der Waals surface area (Å²) in [5.74, 6) is 1.73. The van der Waals surface area contributed by atoms with E-state index in [1.165, 1.54) is 57.1 Å². The Balaban J connectivity index is 1.49. The van der Waals surface area contributed by atoms with Crippen LogP contribution in [0.3, 0.4) is 0 Å². The third-order valence-electron chi connectivity index (χ3n) is 5.16. The largest absolute Gasteiger partial charge is 0.491 e. The highest BCUT2D eigenvalue weighted by molar-refractivity contribution is 5.27. The van der Waals surface area contributed by atoms with Crippen molar-refractivity contribution < 1.29 is 9.84 Å². The number of benzene rings is 1. The van der Waals surface area contributed by atoms with Crippen molar-refractivity contribution in [2.45, 2.75) is 64.0 Å². The van der Waals surface area contributed by atoms with Crippen LogP contribution in [0.5, 0.6) is 5.75 Å². The van der Waals surface area contributed by atoms with Gasteiger partial charge >= 0.3 is 0 Å². The summed E-state index contributed by atoms with van der Waals surface area (Å²) < 4.78 is 5.78. The molecule has 3 rings (SSSR count). The van der Waals surface area contributed by atoms with Crippen molar-refractivity contribution in [1.29, 1.82) is 0 Å². The molecule has 0 bridgehead atoms. The molecule has 3 nitrogen and oxygen atoms in total. The van der Waals surface area contributed by atoms with Crippen molar-refractivity contribution in [3.63, 3.8) is 0 Å². The first-order chi connectivity index (χ1) is 11.2. The van der Waals surface area contributed by atoms with E-state index in [2.05, 4.69) is 17.9 Å². The fraction of sp³-hybridized carbons (Fsp3) is 0.700. The van der Waals surface area contributed by atoms with Gasteiger partial charge in [-0.15, -0.1) is 0 Å². The third kappa shape index (κ3) is 5.50. The number of rotatable bonds is 8. The van der Waals surface area contributed by atoms with Crippen LogP contribution in [0.25, 0.3) is 0 Å². The van der Waals surface area contributed by atoms with Gasteiger partial charge in [-0.25, -0.2) is 0 Å². The Morgan fingerprint density at radius 1 is 1.17 bits per heavy atom. The highest BCUT2D eigenvalue weighted by Crippen LogP contribution is 2.32. The number of hydrogen-bond acceptors (Lipinski definition) is 3. The van der Waals surface area contributed by atoms with Crippen molar-refractivity contribution in [3.05, 3.63) is 29.8 Å². The lowest BCUT2D eigenvalue weighted by Crippen LogP contribution is -2.44. The first-order valence-electron chi connectivity index (χ1n) is 9.32. The molecule has 0 radical (unpaired) electrons. The summed E-state index contributed by atoms with van der Waals surface area (Å²) in [6.45, 7) is 4.38. The van der Waals surface area contributed by atoms with E-state index in [0.717, 1.165) is 18.2 Å². The van der Waals surface area contributed by atoms with Crippen LogP contribution < -0.4 is 4.74 Å². The summed E-state index contributed by atoms with van der Waals surface area (Å²) in [6, 6.07) is 8.72. The third-order valence-corrected chi connectivity index (χ3v) is 5.16. The molecular weight excluding hydrogens is 286 g/mol. The first kappa shape index (κ1) is 16.8. The summed E-state index contributed by atoms with van der Waals surface area (Å²) in [6.07, 6.45) is 9.03. The van der Waals surface area contributed by atoms with Gasteiger partial charge in [-0.05, 0) is 56.2 Å². The van der Waals surface area contributed by atoms with Crippen molar-refractivity contribution in [3.8, 4) is 5.75 Å². The van der Waals surface area contributed by atoms with Crippen molar-refractivity contribution in [2.24, 2.45) is 5.92 Å². The molecule has 1 unspecified atom stereocenters. The molecule has 23 heavy (non-hydrogen) atoms. The first-order valence-corrected chi connectivity index (χ1v) is 9.32. The zero-order valence-electron chi connectivity index (χ0n) is 14.4. The molecule has 1 aromatic carbocycles. The Morgan fingerprint density at radius 2 is 1.96 bits per heavy atom. The second kappa shape index (κ2) is 8.16. The van der Waals surface area contributed by atoms with E-state index < -0.39 is 6.10 Å². The molecule has 0 aliphatic heterocycles. The molecule has 0 saturated heterocycles. The van der Waals surface area contributed by atoms with Crippen LogP contribution in [0.2, 0.25) is 0 Å². The molecule has 2 saturated carbocycles. The normalized spacial score (nSPS) is 20.7. The average molecular weight is 317 g/mol. The van der Waals surface area contributed by atoms with E-state index in [0.29, 0.717) is 12.6 Å². The minimum absolute atomic E-state index is 0.386. The van der Waals surface area contributed by atoms with Gasteiger partial charge in [-0.2, -0.15) is 0 Å². The Morgan fingerprint density at radius 3 is 2.65 bits per heavy atom. The van der Waals surface area contributed by atoms with Crippen LogP contribution in [-0.2, 0) is 0 Å². The second-order valence-electron chi connectivity index (χ2n) is 7.47. The monoisotopic (exact) mass is 317 g/mol. The van der Waals surface area contributed by atoms with Gasteiger partial charge < -0.3 is 9.84 Å². The zero-order chi connectivity index (χ0) is 16.1. The molecule has 128 valence electrons. The Kier molecular flexibility index (Phi) is 5.96. The SMILES string of the molecule is Cc1cccc(OCC(O)CN(CC2CC2)C2CCCCC2)c1. The van der Waals surface area contributed by atoms with Crippen LogP contribution in [0.15, 0.2) is 24.3 Å². The van der Waals surface area contributed by atoms with E-state index in [4.69, 9.17) is 4.74 Å². The molecule has 2 aliphatic carbocycles. The number of aryl methyl sites for hydroxylation is 1. The van der Waals surface area contributed by atoms with Gasteiger partial charge in [0.25, 0.3) is 0 Å². The Labute approximate surface area is 140 Å². The van der Waals surface area contributed by atoms with Crippen molar-refractivity contribution >= 4 is 0 Å². The molecular formula is C20H31NO2. The predicted octanol–water partition coefficient (Wildman–Crippen LogP) is 3.78. The van der Waals surface area contributed by atoms with Crippen molar-refractivity contribution in [1.82, 2.24) is 4.90 Å². The quantitative estimate of drug-likeness (QED) is 0.792. The molecule has 3 heteroatoms. The maximum absolute atomic E-state index is 10.4.